The molecule has 2 aliphatic heterocycles. The van der Waals surface area contributed by atoms with Gasteiger partial charge >= 0.3 is 12.1 Å². The second kappa shape index (κ2) is 9.10. The Labute approximate surface area is 175 Å². The van der Waals surface area contributed by atoms with Crippen LogP contribution in [0.15, 0.2) is 35.2 Å². The van der Waals surface area contributed by atoms with Gasteiger partial charge in [0, 0.05) is 56.3 Å². The molecule has 0 unspecified atom stereocenters. The summed E-state index contributed by atoms with van der Waals surface area (Å²) >= 11 is 0. The summed E-state index contributed by atoms with van der Waals surface area (Å²) in [6.07, 6.45) is 0.395. The summed E-state index contributed by atoms with van der Waals surface area (Å²) in [5.41, 5.74) is 1.21. The predicted octanol–water partition coefficient (Wildman–Crippen LogP) is 1.52. The lowest BCUT2D eigenvalue weighted by Crippen LogP contribution is -2.43. The molecule has 1 amide bonds. The fourth-order valence-corrected chi connectivity index (χ4v) is 3.88. The van der Waals surface area contributed by atoms with Crippen molar-refractivity contribution in [1.29, 1.82) is 0 Å². The summed E-state index contributed by atoms with van der Waals surface area (Å²) in [6, 6.07) is 3.40. The normalized spacial score (nSPS) is 23.2. The van der Waals surface area contributed by atoms with Gasteiger partial charge in [0.1, 0.15) is 0 Å². The number of amides is 1. The van der Waals surface area contributed by atoms with Crippen LogP contribution in [0.1, 0.15) is 16.1 Å². The van der Waals surface area contributed by atoms with Gasteiger partial charge in [-0.15, -0.1) is 0 Å². The lowest BCUT2D eigenvalue weighted by Gasteiger charge is -2.27. The van der Waals surface area contributed by atoms with Crippen LogP contribution in [0.5, 0.6) is 0 Å². The molecule has 31 heavy (non-hydrogen) atoms. The molecule has 9 nitrogen and oxygen atoms in total. The molecule has 2 N–H and O–H groups in total. The first kappa shape index (κ1) is 22.8. The Morgan fingerprint density at radius 2 is 2.16 bits per heavy atom. The second-order valence-corrected chi connectivity index (χ2v) is 7.73. The summed E-state index contributed by atoms with van der Waals surface area (Å²) in [5.74, 6) is -2.11. The summed E-state index contributed by atoms with van der Waals surface area (Å²) in [4.78, 5) is 23.5. The third kappa shape index (κ3) is 5.64. The van der Waals surface area contributed by atoms with Crippen LogP contribution in [-0.4, -0.2) is 70.7 Å². The van der Waals surface area contributed by atoms with E-state index in [2.05, 4.69) is 21.5 Å². The Morgan fingerprint density at radius 3 is 2.74 bits per heavy atom. The van der Waals surface area contributed by atoms with Gasteiger partial charge in [0.15, 0.2) is 5.76 Å². The Morgan fingerprint density at radius 1 is 1.42 bits per heavy atom. The monoisotopic (exact) mass is 444 g/mol. The minimum absolute atomic E-state index is 0.00946. The highest BCUT2D eigenvalue weighted by Crippen LogP contribution is 2.41. The van der Waals surface area contributed by atoms with Crippen molar-refractivity contribution in [3.05, 3.63) is 42.1 Å². The van der Waals surface area contributed by atoms with Gasteiger partial charge in [-0.1, -0.05) is 0 Å². The van der Waals surface area contributed by atoms with E-state index in [0.717, 1.165) is 26.2 Å². The smallest absolute Gasteiger partial charge is 0.475 e. The van der Waals surface area contributed by atoms with Crippen molar-refractivity contribution in [3.63, 3.8) is 0 Å². The second-order valence-electron chi connectivity index (χ2n) is 7.73. The first-order valence-electron chi connectivity index (χ1n) is 9.48. The number of nitrogens with one attached hydrogen (secondary N) is 1. The maximum Gasteiger partial charge on any atom is 0.490 e. The number of alkyl halides is 3. The third-order valence-corrected chi connectivity index (χ3v) is 5.34. The molecule has 0 spiro atoms. The average Bonchev–Trinajstić information content (AvgIpc) is 3.44. The molecule has 2 aliphatic rings. The molecule has 0 aromatic carbocycles. The molecule has 2 saturated heterocycles. The van der Waals surface area contributed by atoms with Gasteiger partial charge < -0.3 is 19.6 Å². The number of likely N-dealkylation sites (tertiary alicyclic amines) is 1. The van der Waals surface area contributed by atoms with Crippen LogP contribution in [0.4, 0.5) is 13.2 Å². The number of furan rings is 1. The van der Waals surface area contributed by atoms with E-state index < -0.39 is 12.1 Å². The minimum atomic E-state index is -5.08. The van der Waals surface area contributed by atoms with Crippen LogP contribution in [0.3, 0.4) is 0 Å². The van der Waals surface area contributed by atoms with Crippen LogP contribution in [0, 0.1) is 11.3 Å². The van der Waals surface area contributed by atoms with Crippen LogP contribution < -0.4 is 5.32 Å². The number of hydrogen-bond donors (Lipinski definition) is 2. The fraction of sp³-hybridized carbons (Fsp3) is 0.526. The summed E-state index contributed by atoms with van der Waals surface area (Å²) < 4.78 is 44.4. The third-order valence-electron chi connectivity index (χ3n) is 5.34. The first-order valence-corrected chi connectivity index (χ1v) is 9.48. The van der Waals surface area contributed by atoms with E-state index in [4.69, 9.17) is 19.1 Å². The van der Waals surface area contributed by atoms with Crippen molar-refractivity contribution in [1.82, 2.24) is 20.0 Å². The molecule has 2 aromatic rings. The van der Waals surface area contributed by atoms with E-state index in [1.807, 2.05) is 17.9 Å². The van der Waals surface area contributed by atoms with Gasteiger partial charge in [-0.25, -0.2) is 4.79 Å². The molecule has 2 aromatic heterocycles. The number of carboxylic acid groups (broad SMARTS) is 1. The van der Waals surface area contributed by atoms with Crippen LogP contribution in [0.25, 0.3) is 0 Å². The molecular weight excluding hydrogens is 421 g/mol. The number of carbonyl (C=O) groups excluding carboxylic acids is 1. The maximum absolute atomic E-state index is 12.2. The number of carboxylic acids is 1. The summed E-state index contributed by atoms with van der Waals surface area (Å²) in [6.45, 7) is 4.87. The van der Waals surface area contributed by atoms with E-state index in [1.54, 1.807) is 12.1 Å². The number of hydrogen-bond acceptors (Lipinski definition) is 6. The lowest BCUT2D eigenvalue weighted by molar-refractivity contribution is -0.192. The molecule has 4 heterocycles. The van der Waals surface area contributed by atoms with E-state index >= 15 is 0 Å². The zero-order valence-corrected chi connectivity index (χ0v) is 16.8. The standard InChI is InChI=1S/C17H22N4O3.C2HF3O2/c1-20-6-13(5-19-20)7-21-8-14-9-23-12-17(14,11-21)10-18-16(22)15-3-2-4-24-15;3-2(4,5)1(6)7/h2-6,14H,7-12H2,1H3,(H,18,22);(H,6,7)/t14-,17+;/m1./s1. The molecule has 0 saturated carbocycles. The molecule has 0 aliphatic carbocycles. The number of halogens is 3. The van der Waals surface area contributed by atoms with E-state index in [9.17, 15) is 18.0 Å². The van der Waals surface area contributed by atoms with Crippen molar-refractivity contribution >= 4 is 11.9 Å². The highest BCUT2D eigenvalue weighted by molar-refractivity contribution is 5.91. The molecule has 170 valence electrons. The molecule has 0 radical (unpaired) electrons. The number of carbonyl (C=O) groups is 2. The van der Waals surface area contributed by atoms with E-state index in [-0.39, 0.29) is 11.3 Å². The Bertz CT molecular complexity index is 899. The number of fused-ring (bicyclic) bond motifs is 1. The average molecular weight is 444 g/mol. The SMILES string of the molecule is Cn1cc(CN2C[C@@H]3COC[C@]3(CNC(=O)c3ccco3)C2)cn1.O=C(O)C(F)(F)F. The largest absolute Gasteiger partial charge is 0.490 e. The quantitative estimate of drug-likeness (QED) is 0.720. The first-order chi connectivity index (χ1) is 14.6. The fourth-order valence-electron chi connectivity index (χ4n) is 3.88. The van der Waals surface area contributed by atoms with E-state index in [0.29, 0.717) is 24.8 Å². The van der Waals surface area contributed by atoms with Crippen molar-refractivity contribution in [2.45, 2.75) is 12.7 Å². The van der Waals surface area contributed by atoms with Gasteiger partial charge in [0.25, 0.3) is 5.91 Å². The van der Waals surface area contributed by atoms with Crippen molar-refractivity contribution in [3.8, 4) is 0 Å². The Kier molecular flexibility index (Phi) is 6.70. The molecule has 2 atom stereocenters. The zero-order valence-electron chi connectivity index (χ0n) is 16.8. The van der Waals surface area contributed by atoms with Crippen LogP contribution >= 0.6 is 0 Å². The zero-order chi connectivity index (χ0) is 22.6. The number of rotatable bonds is 5. The predicted molar refractivity (Wildman–Crippen MR) is 100.0 cm³/mol. The highest BCUT2D eigenvalue weighted by Gasteiger charge is 2.50. The summed E-state index contributed by atoms with van der Waals surface area (Å²) in [7, 11) is 1.93. The number of aromatic nitrogens is 2. The lowest BCUT2D eigenvalue weighted by atomic mass is 9.81. The van der Waals surface area contributed by atoms with Crippen LogP contribution in [-0.2, 0) is 23.1 Å². The van der Waals surface area contributed by atoms with Crippen LogP contribution in [0.2, 0.25) is 0 Å². The molecule has 2 fully saturated rings. The Hall–Kier alpha value is -2.86. The van der Waals surface area contributed by atoms with Gasteiger partial charge in [-0.3, -0.25) is 14.4 Å². The number of nitrogens with zero attached hydrogens (tertiary/aromatic N) is 3. The van der Waals surface area contributed by atoms with Gasteiger partial charge in [0.05, 0.1) is 25.7 Å². The number of aryl methyl sites for hydroxylation is 1. The summed E-state index contributed by atoms with van der Waals surface area (Å²) in [5, 5.41) is 14.4. The van der Waals surface area contributed by atoms with Gasteiger partial charge in [-0.05, 0) is 12.1 Å². The minimum Gasteiger partial charge on any atom is -0.475 e. The van der Waals surface area contributed by atoms with Crippen molar-refractivity contribution in [2.75, 3.05) is 32.8 Å². The number of aliphatic carboxylic acids is 1. The van der Waals surface area contributed by atoms with Gasteiger partial charge in [0.2, 0.25) is 0 Å². The molecular formula is C19H23F3N4O5. The topological polar surface area (TPSA) is 110 Å². The Balaban J connectivity index is 0.000000339. The maximum atomic E-state index is 12.2. The highest BCUT2D eigenvalue weighted by atomic mass is 19.4. The molecule has 0 bridgehead atoms. The van der Waals surface area contributed by atoms with E-state index in [1.165, 1.54) is 11.8 Å². The van der Waals surface area contributed by atoms with Gasteiger partial charge in [-0.2, -0.15) is 18.3 Å². The molecule has 4 rings (SSSR count). The van der Waals surface area contributed by atoms with Crippen molar-refractivity contribution < 1.29 is 37.0 Å². The van der Waals surface area contributed by atoms with Crippen molar-refractivity contribution in [2.24, 2.45) is 18.4 Å². The number of ether oxygens (including phenoxy) is 1. The molecule has 12 heteroatoms.